The van der Waals surface area contributed by atoms with Gasteiger partial charge >= 0.3 is 0 Å². The van der Waals surface area contributed by atoms with Crippen LogP contribution in [0.5, 0.6) is 0 Å². The Morgan fingerprint density at radius 1 is 0.800 bits per heavy atom. The minimum absolute atomic E-state index is 0.0307. The summed E-state index contributed by atoms with van der Waals surface area (Å²) in [5, 5.41) is 3.08. The van der Waals surface area contributed by atoms with Crippen LogP contribution in [0.3, 0.4) is 0 Å². The van der Waals surface area contributed by atoms with Crippen LogP contribution in [0.4, 0.5) is 0 Å². The van der Waals surface area contributed by atoms with Gasteiger partial charge in [0.2, 0.25) is 5.69 Å². The molecule has 3 aromatic carbocycles. The Hall–Kier alpha value is -2.97. The first-order valence-corrected chi connectivity index (χ1v) is 15.9. The van der Waals surface area contributed by atoms with E-state index in [4.69, 9.17) is 4.11 Å². The number of rotatable bonds is 2. The molecule has 1 aromatic heterocycles. The fraction of sp³-hybridized carbons (Fsp3) is 0.303. The van der Waals surface area contributed by atoms with Gasteiger partial charge in [-0.25, -0.2) is 4.57 Å². The highest BCUT2D eigenvalue weighted by molar-refractivity contribution is 7.01. The molecule has 1 spiro atoms. The molecule has 176 valence electrons. The number of aromatic nitrogens is 1. The van der Waals surface area contributed by atoms with Gasteiger partial charge in [-0.2, -0.15) is 0 Å². The normalized spacial score (nSPS) is 18.9. The summed E-state index contributed by atoms with van der Waals surface area (Å²) in [6.07, 6.45) is 6.62. The summed E-state index contributed by atoms with van der Waals surface area (Å²) in [5.41, 5.74) is 8.57. The second kappa shape index (κ2) is 8.03. The van der Waals surface area contributed by atoms with E-state index in [2.05, 4.69) is 80.7 Å². The standard InChI is InChI=1S/C33H36NSi/c1-23-12-6-7-13-26(23)30-21-27(24(2)22-34(30)3)25-16-17-32-29(20-25)33(18-10-11-19-33)28-14-8-9-15-31(28)35(32,4)5/h6-9,12-17,20-22H,10-11,18-19H2,1-5H3/q+1/i2D3. The van der Waals surface area contributed by atoms with Crippen LogP contribution in [0, 0.1) is 13.8 Å². The molecule has 0 saturated heterocycles. The number of benzene rings is 3. The molecule has 4 aromatic rings. The van der Waals surface area contributed by atoms with Crippen molar-refractivity contribution in [1.82, 2.24) is 0 Å². The Balaban J connectivity index is 1.62. The SMILES string of the molecule is [2H]C([2H])([2H])c1c[n+](C)c(-c2ccccc2C)cc1-c1ccc2c(c1)C1(CCCC1)c1ccccc1[Si]2(C)C. The molecule has 0 bridgehead atoms. The van der Waals surface area contributed by atoms with Crippen molar-refractivity contribution in [2.24, 2.45) is 7.05 Å². The summed E-state index contributed by atoms with van der Waals surface area (Å²) < 4.78 is 27.2. The molecule has 6 rings (SSSR count). The van der Waals surface area contributed by atoms with Gasteiger partial charge in [0.05, 0.1) is 0 Å². The predicted molar refractivity (Wildman–Crippen MR) is 150 cm³/mol. The third-order valence-corrected chi connectivity index (χ3v) is 12.4. The van der Waals surface area contributed by atoms with Crippen LogP contribution in [0.25, 0.3) is 22.4 Å². The lowest BCUT2D eigenvalue weighted by Crippen LogP contribution is -2.62. The third-order valence-electron chi connectivity index (χ3n) is 8.79. The van der Waals surface area contributed by atoms with Crippen LogP contribution < -0.4 is 14.9 Å². The quantitative estimate of drug-likeness (QED) is 0.230. The lowest BCUT2D eigenvalue weighted by atomic mass is 9.72. The fourth-order valence-corrected chi connectivity index (χ4v) is 10.2. The predicted octanol–water partition coefficient (Wildman–Crippen LogP) is 6.46. The van der Waals surface area contributed by atoms with Crippen molar-refractivity contribution in [1.29, 1.82) is 0 Å². The molecule has 1 nitrogen and oxygen atoms in total. The maximum atomic E-state index is 8.41. The molecule has 1 aliphatic heterocycles. The molecule has 2 heterocycles. The maximum Gasteiger partial charge on any atom is 0.213 e. The third kappa shape index (κ3) is 3.30. The topological polar surface area (TPSA) is 3.88 Å². The van der Waals surface area contributed by atoms with Gasteiger partial charge in [-0.1, -0.05) is 97.0 Å². The van der Waals surface area contributed by atoms with E-state index >= 15 is 0 Å². The van der Waals surface area contributed by atoms with Gasteiger partial charge in [-0.15, -0.1) is 0 Å². The molecule has 35 heavy (non-hydrogen) atoms. The Labute approximate surface area is 215 Å². The van der Waals surface area contributed by atoms with E-state index < -0.39 is 14.9 Å². The first-order chi connectivity index (χ1) is 18.0. The van der Waals surface area contributed by atoms with Gasteiger partial charge in [0, 0.05) is 26.7 Å². The number of hydrogen-bond donors (Lipinski definition) is 0. The molecule has 0 atom stereocenters. The summed E-state index contributed by atoms with van der Waals surface area (Å²) in [6.45, 7) is 4.84. The average molecular weight is 478 g/mol. The molecule has 2 aliphatic rings. The molecule has 1 saturated carbocycles. The molecule has 1 fully saturated rings. The van der Waals surface area contributed by atoms with Gasteiger partial charge in [0.1, 0.15) is 15.1 Å². The molecule has 0 unspecified atom stereocenters. The van der Waals surface area contributed by atoms with Crippen LogP contribution >= 0.6 is 0 Å². The molecule has 2 heteroatoms. The smallest absolute Gasteiger partial charge is 0.201 e. The van der Waals surface area contributed by atoms with Gasteiger partial charge in [0.25, 0.3) is 0 Å². The van der Waals surface area contributed by atoms with Crippen LogP contribution in [-0.2, 0) is 12.5 Å². The maximum absolute atomic E-state index is 8.41. The zero-order chi connectivity index (χ0) is 26.9. The van der Waals surface area contributed by atoms with E-state index in [1.165, 1.54) is 34.7 Å². The first-order valence-electron chi connectivity index (χ1n) is 14.4. The van der Waals surface area contributed by atoms with Crippen LogP contribution in [0.1, 0.15) is 52.0 Å². The number of nitrogens with zero attached hydrogens (tertiary/aromatic N) is 1. The van der Waals surface area contributed by atoms with E-state index in [1.54, 1.807) is 5.19 Å². The summed E-state index contributed by atoms with van der Waals surface area (Å²) in [6, 6.07) is 26.5. The van der Waals surface area contributed by atoms with E-state index in [9.17, 15) is 0 Å². The van der Waals surface area contributed by atoms with Crippen LogP contribution in [-0.4, -0.2) is 8.07 Å². The summed E-state index contributed by atoms with van der Waals surface area (Å²) in [4.78, 5) is 0. The van der Waals surface area contributed by atoms with Crippen LogP contribution in [0.15, 0.2) is 79.0 Å². The molecule has 0 radical (unpaired) electrons. The van der Waals surface area contributed by atoms with E-state index in [0.29, 0.717) is 5.56 Å². The summed E-state index contributed by atoms with van der Waals surface area (Å²) in [7, 11) is 0.0560. The molecule has 0 N–H and O–H groups in total. The van der Waals surface area contributed by atoms with Crippen molar-refractivity contribution >= 4 is 18.4 Å². The number of hydrogen-bond acceptors (Lipinski definition) is 0. The molecule has 0 amide bonds. The summed E-state index contributed by atoms with van der Waals surface area (Å²) in [5.74, 6) is 0. The number of fused-ring (bicyclic) bond motifs is 4. The van der Waals surface area contributed by atoms with Gasteiger partial charge in [0.15, 0.2) is 6.20 Å². The number of aryl methyl sites for hydroxylation is 3. The zero-order valence-electron chi connectivity index (χ0n) is 24.3. The van der Waals surface area contributed by atoms with Crippen molar-refractivity contribution in [3.05, 3.63) is 101 Å². The van der Waals surface area contributed by atoms with Gasteiger partial charge in [-0.05, 0) is 60.5 Å². The molecular weight excluding hydrogens is 438 g/mol. The molecular formula is C33H36NSi+. The Bertz CT molecular complexity index is 1560. The monoisotopic (exact) mass is 477 g/mol. The highest BCUT2D eigenvalue weighted by atomic mass is 28.3. The lowest BCUT2D eigenvalue weighted by molar-refractivity contribution is -0.660. The van der Waals surface area contributed by atoms with Crippen LogP contribution in [0.2, 0.25) is 13.1 Å². The second-order valence-electron chi connectivity index (χ2n) is 11.1. The van der Waals surface area contributed by atoms with E-state index in [1.807, 2.05) is 29.9 Å². The Morgan fingerprint density at radius 3 is 2.29 bits per heavy atom. The lowest BCUT2D eigenvalue weighted by Gasteiger charge is -2.45. The minimum Gasteiger partial charge on any atom is -0.201 e. The largest absolute Gasteiger partial charge is 0.213 e. The average Bonchev–Trinajstić information content (AvgIpc) is 3.38. The Kier molecular flexibility index (Phi) is 4.41. The number of pyridine rings is 1. The van der Waals surface area contributed by atoms with Gasteiger partial charge < -0.3 is 0 Å². The second-order valence-corrected chi connectivity index (χ2v) is 15.5. The minimum atomic E-state index is -2.21. The van der Waals surface area contributed by atoms with Crippen molar-refractivity contribution in [2.45, 2.75) is 58.0 Å². The summed E-state index contributed by atoms with van der Waals surface area (Å²) >= 11 is 0. The van der Waals surface area contributed by atoms with Crippen molar-refractivity contribution < 1.29 is 8.68 Å². The highest BCUT2D eigenvalue weighted by Gasteiger charge is 2.48. The van der Waals surface area contributed by atoms with Gasteiger partial charge in [-0.3, -0.25) is 0 Å². The Morgan fingerprint density at radius 2 is 1.51 bits per heavy atom. The van der Waals surface area contributed by atoms with Crippen molar-refractivity contribution in [3.63, 3.8) is 0 Å². The van der Waals surface area contributed by atoms with Crippen molar-refractivity contribution in [3.8, 4) is 22.4 Å². The van der Waals surface area contributed by atoms with Crippen molar-refractivity contribution in [2.75, 3.05) is 0 Å². The first kappa shape index (κ1) is 19.2. The van der Waals surface area contributed by atoms with E-state index in [0.717, 1.165) is 35.2 Å². The molecule has 1 aliphatic carbocycles. The van der Waals surface area contributed by atoms with E-state index in [-0.39, 0.29) is 5.41 Å². The zero-order valence-corrected chi connectivity index (χ0v) is 22.3. The highest BCUT2D eigenvalue weighted by Crippen LogP contribution is 2.49. The fourth-order valence-electron chi connectivity index (χ4n) is 6.92.